The molecule has 0 spiro atoms. The minimum Gasteiger partial charge on any atom is -0.445 e. The molecule has 8 aliphatic rings. The first-order valence-corrected chi connectivity index (χ1v) is 29.6. The topological polar surface area (TPSA) is 181 Å². The number of halogens is 6. The van der Waals surface area contributed by atoms with Crippen LogP contribution in [0.5, 0.6) is 0 Å². The Bertz CT molecular complexity index is 2440. The molecule has 8 rings (SSSR count). The molecule has 0 aromatic carbocycles. The second kappa shape index (κ2) is 23.5. The van der Waals surface area contributed by atoms with Gasteiger partial charge in [-0.15, -0.1) is 0 Å². The summed E-state index contributed by atoms with van der Waals surface area (Å²) in [5.74, 6) is -3.35. The van der Waals surface area contributed by atoms with Crippen molar-refractivity contribution in [3.63, 3.8) is 0 Å². The van der Waals surface area contributed by atoms with Crippen LogP contribution in [-0.2, 0) is 33.4 Å². The molecule has 458 valence electrons. The van der Waals surface area contributed by atoms with Gasteiger partial charge in [0.15, 0.2) is 0 Å². The van der Waals surface area contributed by atoms with E-state index in [1.54, 1.807) is 14.0 Å². The highest BCUT2D eigenvalue weighted by Crippen LogP contribution is 2.70. The molecule has 20 atom stereocenters. The Kier molecular flexibility index (Phi) is 18.8. The van der Waals surface area contributed by atoms with Gasteiger partial charge in [0, 0.05) is 84.6 Å². The van der Waals surface area contributed by atoms with Crippen molar-refractivity contribution >= 4 is 35.6 Å². The van der Waals surface area contributed by atoms with E-state index in [0.29, 0.717) is 32.4 Å². The summed E-state index contributed by atoms with van der Waals surface area (Å²) in [6.07, 6.45) is -5.48. The molecule has 8 fully saturated rings. The van der Waals surface area contributed by atoms with Crippen molar-refractivity contribution < 1.29 is 74.4 Å². The number of piperidine rings is 2. The van der Waals surface area contributed by atoms with Gasteiger partial charge >= 0.3 is 24.5 Å². The molecule has 2 saturated heterocycles. The number of ketones is 2. The van der Waals surface area contributed by atoms with Gasteiger partial charge in [0.2, 0.25) is 11.8 Å². The van der Waals surface area contributed by atoms with E-state index < -0.39 is 111 Å². The van der Waals surface area contributed by atoms with Gasteiger partial charge in [-0.05, 0) is 139 Å². The molecular formula is C61H92F6N4O10. The average Bonchev–Trinajstić information content (AvgIpc) is 3.20. The highest BCUT2D eigenvalue weighted by Gasteiger charge is 2.70. The van der Waals surface area contributed by atoms with E-state index in [9.17, 15) is 60.2 Å². The number of alkyl halides is 6. The molecule has 20 heteroatoms. The molecule has 0 aromatic rings. The van der Waals surface area contributed by atoms with Crippen LogP contribution in [0.4, 0.5) is 35.9 Å². The smallest absolute Gasteiger partial charge is 0.414 e. The summed E-state index contributed by atoms with van der Waals surface area (Å²) in [7, 11) is 5.49. The third-order valence-corrected chi connectivity index (χ3v) is 23.2. The molecule has 4 bridgehead atoms. The maximum atomic E-state index is 14.2. The van der Waals surface area contributed by atoms with E-state index in [1.165, 1.54) is 6.92 Å². The van der Waals surface area contributed by atoms with Crippen LogP contribution in [0.2, 0.25) is 0 Å². The maximum Gasteiger partial charge on any atom is 0.414 e. The van der Waals surface area contributed by atoms with E-state index in [4.69, 9.17) is 14.2 Å². The number of nitrogens with zero attached hydrogens (tertiary/aromatic N) is 2. The fourth-order valence-corrected chi connectivity index (χ4v) is 17.6. The first kappa shape index (κ1) is 64.7. The number of hydrogen-bond donors (Lipinski definition) is 3. The number of allylic oxidation sites excluding steroid dienone is 3. The van der Waals surface area contributed by atoms with E-state index >= 15 is 0 Å². The lowest BCUT2D eigenvalue weighted by atomic mass is 9.44. The van der Waals surface area contributed by atoms with Crippen molar-refractivity contribution in [1.82, 2.24) is 20.4 Å². The summed E-state index contributed by atoms with van der Waals surface area (Å²) in [6, 6.07) is 0. The van der Waals surface area contributed by atoms with Crippen molar-refractivity contribution in [2.75, 3.05) is 47.4 Å². The van der Waals surface area contributed by atoms with Crippen LogP contribution in [0.15, 0.2) is 24.3 Å². The molecule has 6 aliphatic carbocycles. The Hall–Kier alpha value is -3.88. The van der Waals surface area contributed by atoms with Crippen molar-refractivity contribution in [3.05, 3.63) is 24.3 Å². The van der Waals surface area contributed by atoms with Crippen LogP contribution in [-0.4, -0.2) is 135 Å². The van der Waals surface area contributed by atoms with Gasteiger partial charge in [-0.2, -0.15) is 26.3 Å². The average molecular weight is 1160 g/mol. The number of carbonyl (C=O) groups is 6. The molecule has 0 radical (unpaired) electrons. The number of alkyl carbamates (subject to hydrolysis) is 2. The lowest BCUT2D eigenvalue weighted by Gasteiger charge is -2.61. The summed E-state index contributed by atoms with van der Waals surface area (Å²) < 4.78 is 98.4. The Morgan fingerprint density at radius 3 is 1.63 bits per heavy atom. The molecular weight excluding hydrogens is 1060 g/mol. The summed E-state index contributed by atoms with van der Waals surface area (Å²) in [4.78, 5) is 84.7. The lowest BCUT2D eigenvalue weighted by molar-refractivity contribution is -0.191. The first-order valence-electron chi connectivity index (χ1n) is 29.6. The normalized spacial score (nSPS) is 44.1. The number of hydrogen-bond acceptors (Lipinski definition) is 12. The molecule has 0 aromatic heterocycles. The SMILES string of the molecule is CO[C@@H]1CCC23CC[C@@H](C)[C@](C)(C12)[C@H](OC(=O)NC(=O)[C@H]1CN(C)CC[C@@H]1C)C[C@@](C)(C=CC(F)(F)F)C(=O)[C@@H]3C.C[C@@H]1CCC23CCC(=O)C2[C@]1(C)[C@H](OC(=O)NC(=O)[C@H]1CN(C)CC[C@@H]1C)C[C@@](C)(C=CC(F)(F)F)[C@@H](O)[C@@H]3C. The molecule has 81 heavy (non-hydrogen) atoms. The second-order valence-electron chi connectivity index (χ2n) is 27.7. The Morgan fingerprint density at radius 2 is 1.12 bits per heavy atom. The number of nitrogens with one attached hydrogen (secondary N) is 2. The van der Waals surface area contributed by atoms with Crippen molar-refractivity contribution in [3.8, 4) is 0 Å². The van der Waals surface area contributed by atoms with Crippen LogP contribution in [0, 0.1) is 91.7 Å². The number of Topliss-reactive ketones (excluding diaryl/α,β-unsaturated/α-hetero) is 2. The van der Waals surface area contributed by atoms with Crippen molar-refractivity contribution in [2.45, 2.75) is 183 Å². The Balaban J connectivity index is 0.000000234. The highest BCUT2D eigenvalue weighted by atomic mass is 19.4. The van der Waals surface area contributed by atoms with Crippen LogP contribution >= 0.6 is 0 Å². The summed E-state index contributed by atoms with van der Waals surface area (Å²) in [6.45, 7) is 21.5. The zero-order valence-corrected chi connectivity index (χ0v) is 50.0. The van der Waals surface area contributed by atoms with Crippen LogP contribution in [0.1, 0.15) is 146 Å². The van der Waals surface area contributed by atoms with Crippen LogP contribution in [0.3, 0.4) is 0 Å². The number of carbonyl (C=O) groups excluding carboxylic acids is 6. The fourth-order valence-electron chi connectivity index (χ4n) is 17.6. The minimum absolute atomic E-state index is 0.0353. The number of imide groups is 2. The highest BCUT2D eigenvalue weighted by molar-refractivity contribution is 5.94. The third kappa shape index (κ3) is 12.3. The maximum absolute atomic E-state index is 14.2. The Morgan fingerprint density at radius 1 is 0.654 bits per heavy atom. The summed E-state index contributed by atoms with van der Waals surface area (Å²) in [5, 5.41) is 16.5. The van der Waals surface area contributed by atoms with Gasteiger partial charge in [0.1, 0.15) is 23.8 Å². The number of methoxy groups -OCH3 is 1. The Labute approximate surface area is 475 Å². The molecule has 2 heterocycles. The molecule has 4 amide bonds. The van der Waals surface area contributed by atoms with Crippen molar-refractivity contribution in [2.24, 2.45) is 91.7 Å². The van der Waals surface area contributed by atoms with Crippen LogP contribution < -0.4 is 10.6 Å². The fraction of sp³-hybridized carbons (Fsp3) is 0.836. The minimum atomic E-state index is -4.60. The summed E-state index contributed by atoms with van der Waals surface area (Å²) >= 11 is 0. The predicted molar refractivity (Wildman–Crippen MR) is 291 cm³/mol. The molecule has 4 unspecified atom stereocenters. The van der Waals surface area contributed by atoms with Gasteiger partial charge < -0.3 is 29.1 Å². The third-order valence-electron chi connectivity index (χ3n) is 23.2. The number of amides is 4. The van der Waals surface area contributed by atoms with E-state index in [1.807, 2.05) is 72.4 Å². The largest absolute Gasteiger partial charge is 0.445 e. The first-order chi connectivity index (χ1) is 37.4. The summed E-state index contributed by atoms with van der Waals surface area (Å²) in [5.41, 5.74) is -5.59. The quantitative estimate of drug-likeness (QED) is 0.162. The standard InChI is InChI=1S/C31H47F3N2O5.C30H45F3N2O5/c1-18-10-15-36(6)17-21(18)26(38)35-27(39)41-23-16-28(4,13-14-31(32,33)34)25(37)20(3)30-11-8-19(2)29(23,5)24(30)22(40-7)9-12-30;1-17-9-14-35(6)16-20(17)25(38)34-26(39)40-22-15-27(4,12-13-30(31,32)33)24(37)19(3)29-10-7-18(2)28(22,5)23(29)21(36)8-11-29/h13-14,18-24H,8-12,15-17H2,1-7H3,(H,35,38,39);12-13,17-20,22-24,37H,7-11,14-16H2,1-6H3,(H,34,38,39)/t18-,19+,20-,21-,22+,23+,24?,28+,29-,30?;17-,18+,19-,20-,22+,23?,24-,27+,28-,29?/m00/s1. The number of aliphatic hydroxyl groups is 1. The monoisotopic (exact) mass is 1150 g/mol. The zero-order valence-electron chi connectivity index (χ0n) is 50.0. The van der Waals surface area contributed by atoms with E-state index in [2.05, 4.69) is 17.6 Å². The van der Waals surface area contributed by atoms with Gasteiger partial charge in [-0.1, -0.05) is 74.5 Å². The number of rotatable bonds is 7. The van der Waals surface area contributed by atoms with Crippen molar-refractivity contribution in [1.29, 1.82) is 0 Å². The van der Waals surface area contributed by atoms with Gasteiger partial charge in [-0.25, -0.2) is 9.59 Å². The predicted octanol–water partition coefficient (Wildman–Crippen LogP) is 10.9. The molecule has 14 nitrogen and oxygen atoms in total. The molecule has 3 N–H and O–H groups in total. The number of likely N-dealkylation sites (tertiary alicyclic amines) is 2. The van der Waals surface area contributed by atoms with Gasteiger partial charge in [-0.3, -0.25) is 29.8 Å². The number of ether oxygens (including phenoxy) is 3. The van der Waals surface area contributed by atoms with E-state index in [-0.39, 0.29) is 78.2 Å². The van der Waals surface area contributed by atoms with Gasteiger partial charge in [0.05, 0.1) is 24.0 Å². The van der Waals surface area contributed by atoms with E-state index in [0.717, 1.165) is 70.2 Å². The molecule has 2 aliphatic heterocycles. The number of aliphatic hydroxyl groups excluding tert-OH is 1. The zero-order chi connectivity index (χ0) is 60.4. The molecule has 6 saturated carbocycles. The van der Waals surface area contributed by atoms with Gasteiger partial charge in [0.25, 0.3) is 0 Å². The lowest BCUT2D eigenvalue weighted by Crippen LogP contribution is -2.63. The van der Waals surface area contributed by atoms with Crippen LogP contribution in [0.25, 0.3) is 0 Å². The second-order valence-corrected chi connectivity index (χ2v) is 27.7.